The molecule has 8 heteroatoms. The number of benzene rings is 1. The molecule has 1 saturated heterocycles. The highest BCUT2D eigenvalue weighted by atomic mass is 16.2. The normalized spacial score (nSPS) is 32.3. The van der Waals surface area contributed by atoms with E-state index in [1.807, 2.05) is 4.90 Å². The van der Waals surface area contributed by atoms with E-state index in [-0.39, 0.29) is 23.3 Å². The standard InChI is InChI=1S/C26H34N6O2/c1-18-3-4-22(9-19(18)2)25-11-20-10-21(12-25)14-26(13-20,16-25)24(34)31-7-5-30(6-8-31)23(33)15-32-17-27-28-29-32/h3-4,9,17,20-21H,5-8,10-16H2,1-2H3. The van der Waals surface area contributed by atoms with Crippen LogP contribution in [-0.4, -0.2) is 68.0 Å². The lowest BCUT2D eigenvalue weighted by atomic mass is 9.42. The molecule has 5 fully saturated rings. The summed E-state index contributed by atoms with van der Waals surface area (Å²) in [6.07, 6.45) is 8.31. The van der Waals surface area contributed by atoms with Gasteiger partial charge in [0.15, 0.2) is 0 Å². The molecule has 1 aromatic carbocycles. The molecule has 2 atom stereocenters. The van der Waals surface area contributed by atoms with Crippen molar-refractivity contribution in [1.82, 2.24) is 30.0 Å². The third-order valence-corrected chi connectivity index (χ3v) is 9.24. The highest BCUT2D eigenvalue weighted by Gasteiger charge is 2.61. The summed E-state index contributed by atoms with van der Waals surface area (Å²) in [6, 6.07) is 7.00. The summed E-state index contributed by atoms with van der Waals surface area (Å²) >= 11 is 0. The largest absolute Gasteiger partial charge is 0.339 e. The second-order valence-electron chi connectivity index (χ2n) is 11.5. The van der Waals surface area contributed by atoms with Crippen LogP contribution in [0.1, 0.15) is 55.2 Å². The van der Waals surface area contributed by atoms with Crippen molar-refractivity contribution in [3.05, 3.63) is 41.2 Å². The van der Waals surface area contributed by atoms with Crippen molar-refractivity contribution in [2.75, 3.05) is 26.2 Å². The number of hydrogen-bond acceptors (Lipinski definition) is 5. The number of rotatable bonds is 4. The van der Waals surface area contributed by atoms with E-state index in [1.54, 1.807) is 0 Å². The Hall–Kier alpha value is -2.77. The molecule has 1 aromatic heterocycles. The molecule has 5 aliphatic rings. The van der Waals surface area contributed by atoms with Gasteiger partial charge in [-0.2, -0.15) is 0 Å². The summed E-state index contributed by atoms with van der Waals surface area (Å²) in [7, 11) is 0. The Morgan fingerprint density at radius 3 is 2.32 bits per heavy atom. The fraction of sp³-hybridized carbons (Fsp3) is 0.654. The van der Waals surface area contributed by atoms with Gasteiger partial charge in [-0.3, -0.25) is 9.59 Å². The maximum absolute atomic E-state index is 14.1. The summed E-state index contributed by atoms with van der Waals surface area (Å²) < 4.78 is 1.45. The van der Waals surface area contributed by atoms with E-state index in [0.717, 1.165) is 19.3 Å². The van der Waals surface area contributed by atoms with Crippen molar-refractivity contribution in [1.29, 1.82) is 0 Å². The lowest BCUT2D eigenvalue weighted by Gasteiger charge is -2.62. The van der Waals surface area contributed by atoms with E-state index in [1.165, 1.54) is 47.0 Å². The highest BCUT2D eigenvalue weighted by Crippen LogP contribution is 2.66. The number of aromatic nitrogens is 4. The third kappa shape index (κ3) is 3.53. The van der Waals surface area contributed by atoms with Crippen molar-refractivity contribution < 1.29 is 9.59 Å². The molecular weight excluding hydrogens is 428 g/mol. The second kappa shape index (κ2) is 7.89. The van der Waals surface area contributed by atoms with Gasteiger partial charge in [-0.05, 0) is 96.7 Å². The van der Waals surface area contributed by atoms with Gasteiger partial charge in [-0.15, -0.1) is 5.10 Å². The number of hydrogen-bond donors (Lipinski definition) is 0. The smallest absolute Gasteiger partial charge is 0.244 e. The lowest BCUT2D eigenvalue weighted by molar-refractivity contribution is -0.163. The van der Waals surface area contributed by atoms with Crippen LogP contribution in [0.25, 0.3) is 0 Å². The predicted octanol–water partition coefficient (Wildman–Crippen LogP) is 2.50. The summed E-state index contributed by atoms with van der Waals surface area (Å²) in [5, 5.41) is 11.0. The van der Waals surface area contributed by atoms with E-state index >= 15 is 0 Å². The quantitative estimate of drug-likeness (QED) is 0.697. The van der Waals surface area contributed by atoms with Crippen molar-refractivity contribution in [2.45, 2.75) is 64.3 Å². The van der Waals surface area contributed by atoms with E-state index in [0.29, 0.717) is 43.9 Å². The maximum atomic E-state index is 14.1. The van der Waals surface area contributed by atoms with Gasteiger partial charge in [-0.25, -0.2) is 4.68 Å². The van der Waals surface area contributed by atoms with Gasteiger partial charge in [-0.1, -0.05) is 18.2 Å². The number of carbonyl (C=O) groups excluding carboxylic acids is 2. The third-order valence-electron chi connectivity index (χ3n) is 9.24. The van der Waals surface area contributed by atoms with Crippen LogP contribution >= 0.6 is 0 Å². The van der Waals surface area contributed by atoms with Crippen LogP contribution in [0.15, 0.2) is 24.5 Å². The number of nitrogens with zero attached hydrogens (tertiary/aromatic N) is 6. The molecule has 180 valence electrons. The average molecular weight is 463 g/mol. The maximum Gasteiger partial charge on any atom is 0.244 e. The minimum absolute atomic E-state index is 0.00268. The molecule has 7 rings (SSSR count). The summed E-state index contributed by atoms with van der Waals surface area (Å²) in [4.78, 5) is 30.6. The first kappa shape index (κ1) is 21.7. The van der Waals surface area contributed by atoms with E-state index in [9.17, 15) is 9.59 Å². The molecule has 34 heavy (non-hydrogen) atoms. The van der Waals surface area contributed by atoms with Crippen LogP contribution in [-0.2, 0) is 21.5 Å². The van der Waals surface area contributed by atoms with Crippen molar-refractivity contribution in [2.24, 2.45) is 17.3 Å². The van der Waals surface area contributed by atoms with Gasteiger partial charge in [0, 0.05) is 26.2 Å². The zero-order valence-electron chi connectivity index (χ0n) is 20.2. The van der Waals surface area contributed by atoms with E-state index in [4.69, 9.17) is 0 Å². The zero-order chi connectivity index (χ0) is 23.5. The van der Waals surface area contributed by atoms with Crippen molar-refractivity contribution in [3.63, 3.8) is 0 Å². The number of tetrazole rings is 1. The zero-order valence-corrected chi connectivity index (χ0v) is 20.2. The molecule has 1 aliphatic heterocycles. The predicted molar refractivity (Wildman–Crippen MR) is 126 cm³/mol. The first-order valence-corrected chi connectivity index (χ1v) is 12.7. The SMILES string of the molecule is Cc1ccc(C23CC4CC(CC(C(=O)N5CCN(C(=O)Cn6cnnn6)CC5)(C4)C2)C3)cc1C. The van der Waals surface area contributed by atoms with Crippen LogP contribution in [0.4, 0.5) is 0 Å². The van der Waals surface area contributed by atoms with Crippen LogP contribution in [0.2, 0.25) is 0 Å². The molecule has 0 radical (unpaired) electrons. The number of aryl methyl sites for hydroxylation is 2. The Bertz CT molecular complexity index is 1090. The fourth-order valence-electron chi connectivity index (χ4n) is 7.91. The number of amides is 2. The van der Waals surface area contributed by atoms with Crippen LogP contribution < -0.4 is 0 Å². The van der Waals surface area contributed by atoms with Gasteiger partial charge < -0.3 is 9.80 Å². The molecule has 4 bridgehead atoms. The molecule has 4 aliphatic carbocycles. The van der Waals surface area contributed by atoms with Gasteiger partial charge >= 0.3 is 0 Å². The molecular formula is C26H34N6O2. The molecule has 2 heterocycles. The molecule has 4 saturated carbocycles. The Morgan fingerprint density at radius 2 is 1.68 bits per heavy atom. The molecule has 0 N–H and O–H groups in total. The lowest BCUT2D eigenvalue weighted by Crippen LogP contribution is -2.61. The van der Waals surface area contributed by atoms with Gasteiger partial charge in [0.2, 0.25) is 11.8 Å². The first-order valence-electron chi connectivity index (χ1n) is 12.7. The van der Waals surface area contributed by atoms with Gasteiger partial charge in [0.1, 0.15) is 12.9 Å². The fourth-order valence-corrected chi connectivity index (χ4v) is 7.91. The van der Waals surface area contributed by atoms with Gasteiger partial charge in [0.25, 0.3) is 0 Å². The van der Waals surface area contributed by atoms with Crippen LogP contribution in [0.5, 0.6) is 0 Å². The molecule has 2 unspecified atom stereocenters. The van der Waals surface area contributed by atoms with Crippen LogP contribution in [0.3, 0.4) is 0 Å². The van der Waals surface area contributed by atoms with Crippen molar-refractivity contribution >= 4 is 11.8 Å². The Kier molecular flexibility index (Phi) is 5.04. The summed E-state index contributed by atoms with van der Waals surface area (Å²) in [5.74, 6) is 1.67. The number of carbonyl (C=O) groups is 2. The highest BCUT2D eigenvalue weighted by molar-refractivity contribution is 5.84. The van der Waals surface area contributed by atoms with E-state index in [2.05, 4.69) is 52.5 Å². The van der Waals surface area contributed by atoms with Crippen molar-refractivity contribution in [3.8, 4) is 0 Å². The van der Waals surface area contributed by atoms with Gasteiger partial charge in [0.05, 0.1) is 5.41 Å². The topological polar surface area (TPSA) is 84.2 Å². The first-order chi connectivity index (χ1) is 16.4. The molecule has 2 amide bonds. The molecule has 8 nitrogen and oxygen atoms in total. The Labute approximate surface area is 200 Å². The Balaban J connectivity index is 1.18. The average Bonchev–Trinajstić information content (AvgIpc) is 3.32. The minimum Gasteiger partial charge on any atom is -0.339 e. The second-order valence-corrected chi connectivity index (χ2v) is 11.5. The molecule has 2 aromatic rings. The summed E-state index contributed by atoms with van der Waals surface area (Å²) in [6.45, 7) is 6.93. The minimum atomic E-state index is -0.221. The Morgan fingerprint density at radius 1 is 0.971 bits per heavy atom. The van der Waals surface area contributed by atoms with Crippen LogP contribution in [0, 0.1) is 31.1 Å². The number of piperazine rings is 1. The summed E-state index contributed by atoms with van der Waals surface area (Å²) in [5.41, 5.74) is 4.09. The monoisotopic (exact) mass is 462 g/mol. The van der Waals surface area contributed by atoms with E-state index < -0.39 is 0 Å². The molecule has 0 spiro atoms.